The lowest BCUT2D eigenvalue weighted by atomic mass is 9.97. The Labute approximate surface area is 93.0 Å². The first-order valence-corrected chi connectivity index (χ1v) is 6.60. The third-order valence-electron chi connectivity index (χ3n) is 3.96. The van der Waals surface area contributed by atoms with Gasteiger partial charge in [-0.1, -0.05) is 26.2 Å². The summed E-state index contributed by atoms with van der Waals surface area (Å²) in [6.07, 6.45) is 8.73. The van der Waals surface area contributed by atoms with Crippen molar-refractivity contribution in [1.29, 1.82) is 0 Å². The summed E-state index contributed by atoms with van der Waals surface area (Å²) in [5.74, 6) is 1.69. The minimum atomic E-state index is 0.398. The van der Waals surface area contributed by atoms with Crippen LogP contribution in [0.15, 0.2) is 0 Å². The van der Waals surface area contributed by atoms with E-state index in [1.165, 1.54) is 38.5 Å². The van der Waals surface area contributed by atoms with Crippen LogP contribution in [-0.4, -0.2) is 23.9 Å². The minimum Gasteiger partial charge on any atom is -0.342 e. The van der Waals surface area contributed by atoms with Crippen molar-refractivity contribution < 1.29 is 4.79 Å². The fraction of sp³-hybridized carbons (Fsp3) is 0.923. The van der Waals surface area contributed by atoms with Crippen molar-refractivity contribution in [1.82, 2.24) is 4.90 Å². The number of likely N-dealkylation sites (tertiary alicyclic amines) is 1. The molecule has 0 spiro atoms. The average molecular weight is 209 g/mol. The van der Waals surface area contributed by atoms with E-state index >= 15 is 0 Å². The third-order valence-corrected chi connectivity index (χ3v) is 3.96. The lowest BCUT2D eigenvalue weighted by Gasteiger charge is -2.31. The molecule has 1 aliphatic heterocycles. The number of rotatable bonds is 5. The van der Waals surface area contributed by atoms with Gasteiger partial charge in [-0.3, -0.25) is 4.79 Å². The molecule has 0 aromatic carbocycles. The molecule has 1 heterocycles. The molecular formula is C13H23NO. The number of carbonyl (C=O) groups is 1. The Morgan fingerprint density at radius 2 is 2.13 bits per heavy atom. The van der Waals surface area contributed by atoms with Gasteiger partial charge in [0.25, 0.3) is 0 Å². The van der Waals surface area contributed by atoms with Gasteiger partial charge in [0.05, 0.1) is 0 Å². The van der Waals surface area contributed by atoms with Crippen LogP contribution in [0.1, 0.15) is 51.9 Å². The Morgan fingerprint density at radius 3 is 2.93 bits per heavy atom. The number of hydrogen-bond donors (Lipinski definition) is 0. The van der Waals surface area contributed by atoms with Gasteiger partial charge in [-0.05, 0) is 31.6 Å². The maximum Gasteiger partial charge on any atom is 0.225 e. The van der Waals surface area contributed by atoms with E-state index in [1.807, 2.05) is 0 Å². The zero-order valence-corrected chi connectivity index (χ0v) is 9.87. The van der Waals surface area contributed by atoms with Gasteiger partial charge in [0.1, 0.15) is 0 Å². The van der Waals surface area contributed by atoms with Crippen molar-refractivity contribution >= 4 is 5.91 Å². The number of hydrogen-bond acceptors (Lipinski definition) is 1. The summed E-state index contributed by atoms with van der Waals surface area (Å²) >= 11 is 0. The summed E-state index contributed by atoms with van der Waals surface area (Å²) in [6, 6.07) is 0. The second kappa shape index (κ2) is 5.00. The first-order valence-electron chi connectivity index (χ1n) is 6.60. The second-order valence-electron chi connectivity index (χ2n) is 5.22. The van der Waals surface area contributed by atoms with Crippen LogP contribution in [0.25, 0.3) is 0 Å². The summed E-state index contributed by atoms with van der Waals surface area (Å²) in [5, 5.41) is 0. The fourth-order valence-corrected chi connectivity index (χ4v) is 3.06. The molecule has 2 heteroatoms. The molecule has 2 bridgehead atoms. The summed E-state index contributed by atoms with van der Waals surface area (Å²) in [5.41, 5.74) is 0. The summed E-state index contributed by atoms with van der Waals surface area (Å²) in [4.78, 5) is 14.1. The quantitative estimate of drug-likeness (QED) is 0.638. The van der Waals surface area contributed by atoms with Crippen molar-refractivity contribution in [2.24, 2.45) is 11.8 Å². The van der Waals surface area contributed by atoms with E-state index in [1.54, 1.807) is 0 Å². The number of amides is 1. The average Bonchev–Trinajstić information content (AvgIpc) is 2.64. The molecule has 2 fully saturated rings. The van der Waals surface area contributed by atoms with Crippen LogP contribution in [0.4, 0.5) is 0 Å². The second-order valence-corrected chi connectivity index (χ2v) is 5.22. The molecule has 0 aromatic heterocycles. The van der Waals surface area contributed by atoms with Gasteiger partial charge >= 0.3 is 0 Å². The molecule has 1 aliphatic carbocycles. The molecule has 2 rings (SSSR count). The van der Waals surface area contributed by atoms with Gasteiger partial charge in [-0.15, -0.1) is 0 Å². The third kappa shape index (κ3) is 2.53. The number of nitrogens with zero attached hydrogens (tertiary/aromatic N) is 1. The Morgan fingerprint density at radius 1 is 1.27 bits per heavy atom. The molecule has 2 aliphatic rings. The van der Waals surface area contributed by atoms with Crippen LogP contribution < -0.4 is 0 Å². The van der Waals surface area contributed by atoms with E-state index in [-0.39, 0.29) is 0 Å². The van der Waals surface area contributed by atoms with Gasteiger partial charge < -0.3 is 4.90 Å². The van der Waals surface area contributed by atoms with Crippen molar-refractivity contribution in [3.05, 3.63) is 0 Å². The standard InChI is InChI=1S/C13H23NO/c1-2-3-4-5-8-14-10-11-6-7-12(9-11)13(14)15/h11-12H,2-10H2,1H3/t11-,12+/m1/s1. The fourth-order valence-electron chi connectivity index (χ4n) is 3.06. The van der Waals surface area contributed by atoms with Crippen LogP contribution in [0, 0.1) is 11.8 Å². The molecule has 15 heavy (non-hydrogen) atoms. The highest BCUT2D eigenvalue weighted by Crippen LogP contribution is 2.37. The number of fused-ring (bicyclic) bond motifs is 2. The van der Waals surface area contributed by atoms with Crippen molar-refractivity contribution in [2.75, 3.05) is 13.1 Å². The highest BCUT2D eigenvalue weighted by Gasteiger charge is 2.38. The Balaban J connectivity index is 1.75. The van der Waals surface area contributed by atoms with Gasteiger partial charge in [-0.25, -0.2) is 0 Å². The molecule has 86 valence electrons. The summed E-state index contributed by atoms with van der Waals surface area (Å²) < 4.78 is 0. The highest BCUT2D eigenvalue weighted by atomic mass is 16.2. The SMILES string of the molecule is CCCCCCN1C[C@@H]2CC[C@@H](C2)C1=O. The summed E-state index contributed by atoms with van der Waals surface area (Å²) in [7, 11) is 0. The molecule has 0 N–H and O–H groups in total. The van der Waals surface area contributed by atoms with E-state index in [0.29, 0.717) is 11.8 Å². The van der Waals surface area contributed by atoms with E-state index in [2.05, 4.69) is 11.8 Å². The van der Waals surface area contributed by atoms with Crippen LogP contribution >= 0.6 is 0 Å². The molecule has 2 atom stereocenters. The smallest absolute Gasteiger partial charge is 0.225 e. The topological polar surface area (TPSA) is 20.3 Å². The Hall–Kier alpha value is -0.530. The molecule has 1 amide bonds. The van der Waals surface area contributed by atoms with Crippen molar-refractivity contribution in [3.63, 3.8) is 0 Å². The van der Waals surface area contributed by atoms with Crippen molar-refractivity contribution in [2.45, 2.75) is 51.9 Å². The van der Waals surface area contributed by atoms with E-state index in [9.17, 15) is 4.79 Å². The molecule has 0 aromatic rings. The molecule has 1 saturated heterocycles. The van der Waals surface area contributed by atoms with Gasteiger partial charge in [0, 0.05) is 19.0 Å². The summed E-state index contributed by atoms with van der Waals surface area (Å²) in [6.45, 7) is 4.31. The minimum absolute atomic E-state index is 0.398. The Bertz CT molecular complexity index is 227. The zero-order chi connectivity index (χ0) is 10.7. The van der Waals surface area contributed by atoms with Crippen LogP contribution in [0.5, 0.6) is 0 Å². The monoisotopic (exact) mass is 209 g/mol. The molecule has 0 unspecified atom stereocenters. The number of carbonyl (C=O) groups excluding carboxylic acids is 1. The molecule has 0 radical (unpaired) electrons. The number of unbranched alkanes of at least 4 members (excludes halogenated alkanes) is 3. The molecule has 1 saturated carbocycles. The Kier molecular flexibility index (Phi) is 3.66. The lowest BCUT2D eigenvalue weighted by molar-refractivity contribution is -0.138. The van der Waals surface area contributed by atoms with Gasteiger partial charge in [0.2, 0.25) is 5.91 Å². The normalized spacial score (nSPS) is 29.9. The first kappa shape index (κ1) is 11.0. The van der Waals surface area contributed by atoms with Gasteiger partial charge in [0.15, 0.2) is 0 Å². The maximum absolute atomic E-state index is 12.0. The predicted molar refractivity (Wildman–Crippen MR) is 61.6 cm³/mol. The van der Waals surface area contributed by atoms with E-state index in [4.69, 9.17) is 0 Å². The molecular weight excluding hydrogens is 186 g/mol. The van der Waals surface area contributed by atoms with Crippen molar-refractivity contribution in [3.8, 4) is 0 Å². The van der Waals surface area contributed by atoms with Crippen LogP contribution in [0.3, 0.4) is 0 Å². The molecule has 2 nitrogen and oxygen atoms in total. The lowest BCUT2D eigenvalue weighted by Crippen LogP contribution is -2.42. The van der Waals surface area contributed by atoms with Gasteiger partial charge in [-0.2, -0.15) is 0 Å². The van der Waals surface area contributed by atoms with E-state index < -0.39 is 0 Å². The zero-order valence-electron chi connectivity index (χ0n) is 9.87. The first-order chi connectivity index (χ1) is 7.31. The maximum atomic E-state index is 12.0. The van der Waals surface area contributed by atoms with Crippen LogP contribution in [-0.2, 0) is 4.79 Å². The largest absolute Gasteiger partial charge is 0.342 e. The van der Waals surface area contributed by atoms with Crippen LogP contribution in [0.2, 0.25) is 0 Å². The highest BCUT2D eigenvalue weighted by molar-refractivity contribution is 5.80. The number of piperidine rings is 1. The predicted octanol–water partition coefficient (Wildman–Crippen LogP) is 2.83. The van der Waals surface area contributed by atoms with E-state index in [0.717, 1.165) is 25.4 Å².